The number of carbonyl (C=O) groups is 2. The molecule has 2 N–H and O–H groups in total. The molecule has 210 valence electrons. The van der Waals surface area contributed by atoms with Gasteiger partial charge in [0.2, 0.25) is 5.91 Å². The maximum Gasteiger partial charge on any atom is 0.487 e. The van der Waals surface area contributed by atoms with Crippen molar-refractivity contribution >= 4 is 34.8 Å². The van der Waals surface area contributed by atoms with Crippen molar-refractivity contribution in [3.63, 3.8) is 0 Å². The number of fused-ring (bicyclic) bond motifs is 3. The number of anilines is 2. The fourth-order valence-electron chi connectivity index (χ4n) is 6.70. The Hall–Kier alpha value is -3.66. The molecule has 0 bridgehead atoms. The Balaban J connectivity index is 1.36. The van der Waals surface area contributed by atoms with Gasteiger partial charge in [-0.2, -0.15) is 5.10 Å². The molecule has 1 aromatic heterocycles. The number of rotatable bonds is 7. The zero-order valence-electron chi connectivity index (χ0n) is 22.2. The highest BCUT2D eigenvalue weighted by Gasteiger charge is 2.52. The number of nitrogens with one attached hydrogen (secondary N) is 2. The summed E-state index contributed by atoms with van der Waals surface area (Å²) in [6.07, 6.45) is 5.04. The van der Waals surface area contributed by atoms with E-state index in [0.717, 1.165) is 48.3 Å². The predicted molar refractivity (Wildman–Crippen MR) is 148 cm³/mol. The summed E-state index contributed by atoms with van der Waals surface area (Å²) < 4.78 is 30.3. The Morgan fingerprint density at radius 2 is 1.98 bits per heavy atom. The molecule has 2 fully saturated rings. The molecule has 3 aromatic rings. The summed E-state index contributed by atoms with van der Waals surface area (Å²) in [6.45, 7) is 5.12. The minimum absolute atomic E-state index is 0.121. The zero-order chi connectivity index (χ0) is 28.2. The van der Waals surface area contributed by atoms with Gasteiger partial charge in [0.15, 0.2) is 0 Å². The second-order valence-corrected chi connectivity index (χ2v) is 11.3. The van der Waals surface area contributed by atoms with Gasteiger partial charge < -0.3 is 19.9 Å². The van der Waals surface area contributed by atoms with Gasteiger partial charge >= 0.3 is 5.57 Å². The number of hydrogen-bond donors (Lipinski definition) is 2. The molecule has 2 aromatic carbocycles. The number of aromatic nitrogens is 2. The number of ether oxygens (including phenoxy) is 1. The van der Waals surface area contributed by atoms with Crippen LogP contribution in [0.1, 0.15) is 61.4 Å². The zero-order valence-corrected chi connectivity index (χ0v) is 22.9. The largest absolute Gasteiger partial charge is 0.487 e. The van der Waals surface area contributed by atoms with Gasteiger partial charge in [-0.3, -0.25) is 14.7 Å². The molecule has 1 saturated heterocycles. The Morgan fingerprint density at radius 3 is 2.60 bits per heavy atom. The molecule has 0 radical (unpaired) electrons. The summed E-state index contributed by atoms with van der Waals surface area (Å²) in [5, 5.41) is 10.1. The van der Waals surface area contributed by atoms with Crippen LogP contribution in [-0.2, 0) is 4.79 Å². The summed E-state index contributed by atoms with van der Waals surface area (Å²) in [5.74, 6) is -0.0443. The van der Waals surface area contributed by atoms with Gasteiger partial charge in [0.1, 0.15) is 5.75 Å². The van der Waals surface area contributed by atoms with Crippen molar-refractivity contribution in [2.45, 2.75) is 69.1 Å². The Bertz CT molecular complexity index is 1420. The standard InChI is InChI=1S/C29H30ClF2N5O3/c1-16(2)37-26-21(20-9-10-24(27(20)37)36-13-3-4-25(36)38)14-17(15-22(26)23-11-12-33-35-23)28(39)34-18-5-7-19(8-6-18)40-29(30,31)32/h5-8,11-12,14-16,20,24,27H,3-4,9-10,13H2,1-2H3,(H,33,35)(H,34,39). The lowest BCUT2D eigenvalue weighted by atomic mass is 9.92. The minimum Gasteiger partial charge on any atom is -0.420 e. The van der Waals surface area contributed by atoms with Crippen LogP contribution < -0.4 is 15.0 Å². The number of benzene rings is 2. The average Bonchev–Trinajstić information content (AvgIpc) is 3.68. The van der Waals surface area contributed by atoms with Gasteiger partial charge in [0.25, 0.3) is 5.91 Å². The fraction of sp³-hybridized carbons (Fsp3) is 0.414. The van der Waals surface area contributed by atoms with Gasteiger partial charge in [-0.25, -0.2) is 0 Å². The summed E-state index contributed by atoms with van der Waals surface area (Å²) in [5.41, 5.74) is 0.928. The van der Waals surface area contributed by atoms with Crippen LogP contribution in [0.3, 0.4) is 0 Å². The number of H-pyrrole nitrogens is 1. The molecule has 2 aliphatic heterocycles. The molecule has 0 spiro atoms. The normalized spacial score (nSPS) is 22.1. The van der Waals surface area contributed by atoms with Gasteiger partial charge in [0.05, 0.1) is 23.5 Å². The van der Waals surface area contributed by atoms with Crippen molar-refractivity contribution in [2.24, 2.45) is 0 Å². The number of aromatic amines is 1. The van der Waals surface area contributed by atoms with E-state index in [4.69, 9.17) is 11.6 Å². The number of amides is 2. The van der Waals surface area contributed by atoms with Crippen molar-refractivity contribution in [1.82, 2.24) is 15.1 Å². The molecule has 3 aliphatic rings. The quantitative estimate of drug-likeness (QED) is 0.343. The number of alkyl halides is 3. The second-order valence-electron chi connectivity index (χ2n) is 10.9. The molecule has 1 saturated carbocycles. The van der Waals surface area contributed by atoms with Crippen LogP contribution in [0.15, 0.2) is 48.7 Å². The molecule has 8 nitrogen and oxygen atoms in total. The smallest absolute Gasteiger partial charge is 0.420 e. The molecule has 3 unspecified atom stereocenters. The lowest BCUT2D eigenvalue weighted by Gasteiger charge is -2.39. The number of nitrogens with zero attached hydrogens (tertiary/aromatic N) is 3. The SMILES string of the molecule is CC(C)N1c2c(-c3ccn[nH]3)cc(C(=O)Nc3ccc(OC(F)(F)Cl)cc3)cc2C2CCC(N3CCCC3=O)C21. The van der Waals surface area contributed by atoms with Crippen LogP contribution >= 0.6 is 11.6 Å². The average molecular weight is 570 g/mol. The van der Waals surface area contributed by atoms with E-state index in [-0.39, 0.29) is 41.6 Å². The molecule has 40 heavy (non-hydrogen) atoms. The molecule has 2 amide bonds. The number of carbonyl (C=O) groups excluding carboxylic acids is 2. The third-order valence-corrected chi connectivity index (χ3v) is 8.24. The lowest BCUT2D eigenvalue weighted by Crippen LogP contribution is -2.51. The van der Waals surface area contributed by atoms with Gasteiger partial charge in [-0.15, -0.1) is 8.78 Å². The van der Waals surface area contributed by atoms with E-state index in [1.165, 1.54) is 24.3 Å². The number of hydrogen-bond acceptors (Lipinski definition) is 5. The summed E-state index contributed by atoms with van der Waals surface area (Å²) in [7, 11) is 0. The van der Waals surface area contributed by atoms with Gasteiger partial charge in [-0.1, -0.05) is 0 Å². The minimum atomic E-state index is -3.82. The van der Waals surface area contributed by atoms with E-state index in [2.05, 4.69) is 43.9 Å². The Kier molecular flexibility index (Phi) is 6.68. The molecule has 11 heteroatoms. The van der Waals surface area contributed by atoms with Crippen LogP contribution in [0, 0.1) is 0 Å². The molecule has 1 aliphatic carbocycles. The van der Waals surface area contributed by atoms with Crippen molar-refractivity contribution in [2.75, 3.05) is 16.8 Å². The lowest BCUT2D eigenvalue weighted by molar-refractivity contribution is -0.129. The van der Waals surface area contributed by atoms with Crippen LogP contribution in [0.4, 0.5) is 20.2 Å². The monoisotopic (exact) mass is 569 g/mol. The van der Waals surface area contributed by atoms with E-state index in [9.17, 15) is 18.4 Å². The molecular formula is C29H30ClF2N5O3. The predicted octanol–water partition coefficient (Wildman–Crippen LogP) is 5.96. The molecule has 3 heterocycles. The Morgan fingerprint density at radius 1 is 1.20 bits per heavy atom. The molecule has 6 rings (SSSR count). The summed E-state index contributed by atoms with van der Waals surface area (Å²) in [4.78, 5) is 30.8. The molecular weight excluding hydrogens is 540 g/mol. The topological polar surface area (TPSA) is 90.6 Å². The van der Waals surface area contributed by atoms with Gasteiger partial charge in [-0.05, 0) is 81.1 Å². The highest BCUT2D eigenvalue weighted by Crippen LogP contribution is 2.55. The third kappa shape index (κ3) is 4.78. The van der Waals surface area contributed by atoms with E-state index < -0.39 is 5.57 Å². The number of halogens is 3. The van der Waals surface area contributed by atoms with E-state index in [1.54, 1.807) is 6.20 Å². The van der Waals surface area contributed by atoms with Gasteiger partial charge in [0, 0.05) is 59.5 Å². The van der Waals surface area contributed by atoms with E-state index in [0.29, 0.717) is 17.7 Å². The summed E-state index contributed by atoms with van der Waals surface area (Å²) >= 11 is 4.84. The van der Waals surface area contributed by atoms with Crippen LogP contribution in [0.25, 0.3) is 11.3 Å². The summed E-state index contributed by atoms with van der Waals surface area (Å²) in [6, 6.07) is 11.7. The first-order chi connectivity index (χ1) is 19.1. The van der Waals surface area contributed by atoms with Crippen molar-refractivity contribution in [3.8, 4) is 17.0 Å². The van der Waals surface area contributed by atoms with Crippen molar-refractivity contribution in [3.05, 3.63) is 59.8 Å². The van der Waals surface area contributed by atoms with E-state index in [1.807, 2.05) is 18.2 Å². The van der Waals surface area contributed by atoms with E-state index >= 15 is 0 Å². The Labute approximate surface area is 235 Å². The first-order valence-electron chi connectivity index (χ1n) is 13.5. The molecule has 3 atom stereocenters. The second kappa shape index (κ2) is 10.1. The van der Waals surface area contributed by atoms with Crippen LogP contribution in [0.2, 0.25) is 0 Å². The highest BCUT2D eigenvalue weighted by atomic mass is 35.5. The van der Waals surface area contributed by atoms with Crippen molar-refractivity contribution < 1.29 is 23.1 Å². The highest BCUT2D eigenvalue weighted by molar-refractivity contribution is 6.20. The third-order valence-electron chi connectivity index (χ3n) is 8.16. The van der Waals surface area contributed by atoms with Crippen LogP contribution in [-0.4, -0.2) is 57.1 Å². The van der Waals surface area contributed by atoms with Crippen molar-refractivity contribution in [1.29, 1.82) is 0 Å². The van der Waals surface area contributed by atoms with Crippen LogP contribution in [0.5, 0.6) is 5.75 Å². The fourth-order valence-corrected chi connectivity index (χ4v) is 6.79. The maximum atomic E-state index is 13.5. The number of likely N-dealkylation sites (tertiary alicyclic amines) is 1. The first-order valence-corrected chi connectivity index (χ1v) is 13.9. The maximum absolute atomic E-state index is 13.5. The first kappa shape index (κ1) is 26.6.